The molecule has 0 bridgehead atoms. The summed E-state index contributed by atoms with van der Waals surface area (Å²) in [5.74, 6) is 0.966. The van der Waals surface area contributed by atoms with Crippen molar-refractivity contribution in [3.63, 3.8) is 0 Å². The zero-order valence-electron chi connectivity index (χ0n) is 16.5. The first-order valence-electron chi connectivity index (χ1n) is 9.40. The quantitative estimate of drug-likeness (QED) is 0.498. The van der Waals surface area contributed by atoms with Crippen molar-refractivity contribution in [1.82, 2.24) is 9.97 Å². The lowest BCUT2D eigenvalue weighted by molar-refractivity contribution is 0.102. The lowest BCUT2D eigenvalue weighted by Gasteiger charge is -2.17. The number of amides is 1. The molecule has 0 spiro atoms. The minimum absolute atomic E-state index is 0.112. The summed E-state index contributed by atoms with van der Waals surface area (Å²) in [6, 6.07) is 14.4. The Labute approximate surface area is 173 Å². The van der Waals surface area contributed by atoms with Crippen LogP contribution >= 0.6 is 0 Å². The Kier molecular flexibility index (Phi) is 5.26. The second kappa shape index (κ2) is 8.16. The predicted octanol–water partition coefficient (Wildman–Crippen LogP) is 4.41. The summed E-state index contributed by atoms with van der Waals surface area (Å²) >= 11 is 0. The van der Waals surface area contributed by atoms with Crippen molar-refractivity contribution in [2.45, 2.75) is 19.9 Å². The van der Waals surface area contributed by atoms with Crippen LogP contribution in [0.15, 0.2) is 65.5 Å². The van der Waals surface area contributed by atoms with Gasteiger partial charge in [-0.3, -0.25) is 9.59 Å². The molecule has 0 aliphatic rings. The number of aromatic nitrogens is 2. The molecule has 2 heterocycles. The average Bonchev–Trinajstić information content (AvgIpc) is 3.19. The summed E-state index contributed by atoms with van der Waals surface area (Å²) in [4.78, 5) is 32.1. The summed E-state index contributed by atoms with van der Waals surface area (Å²) in [6.45, 7) is 3.74. The first-order chi connectivity index (χ1) is 14.6. The van der Waals surface area contributed by atoms with Crippen LogP contribution in [0.4, 0.5) is 11.5 Å². The van der Waals surface area contributed by atoms with Crippen LogP contribution in [0.1, 0.15) is 40.2 Å². The highest BCUT2D eigenvalue weighted by molar-refractivity contribution is 6.05. The second-order valence-corrected chi connectivity index (χ2v) is 6.86. The number of nitrogens with zero attached hydrogens (tertiary/aromatic N) is 2. The van der Waals surface area contributed by atoms with Crippen molar-refractivity contribution >= 4 is 34.6 Å². The van der Waals surface area contributed by atoms with E-state index in [1.54, 1.807) is 25.1 Å². The lowest BCUT2D eigenvalue weighted by Crippen LogP contribution is -2.13. The van der Waals surface area contributed by atoms with Gasteiger partial charge in [-0.15, -0.1) is 0 Å². The number of aryl methyl sites for hydroxylation is 1. The molecule has 0 saturated carbocycles. The molecule has 30 heavy (non-hydrogen) atoms. The number of rotatable bonds is 6. The average molecular weight is 399 g/mol. The van der Waals surface area contributed by atoms with Crippen LogP contribution in [0, 0.1) is 6.92 Å². The van der Waals surface area contributed by atoms with Crippen LogP contribution in [0.25, 0.3) is 10.9 Å². The smallest absolute Gasteiger partial charge is 0.259 e. The minimum atomic E-state index is -0.224. The first-order valence-corrected chi connectivity index (χ1v) is 9.40. The number of benzene rings is 2. The van der Waals surface area contributed by atoms with Gasteiger partial charge >= 0.3 is 0 Å². The van der Waals surface area contributed by atoms with E-state index in [0.717, 1.165) is 10.9 Å². The van der Waals surface area contributed by atoms with Gasteiger partial charge in [0.2, 0.25) is 6.29 Å². The first kappa shape index (κ1) is 19.3. The highest BCUT2D eigenvalue weighted by Gasteiger charge is 2.14. The minimum Gasteiger partial charge on any atom is -0.469 e. The molecule has 4 aromatic rings. The Morgan fingerprint density at radius 3 is 2.73 bits per heavy atom. The molecule has 1 radical (unpaired) electrons. The molecule has 1 atom stereocenters. The Hall–Kier alpha value is -4.00. The zero-order valence-corrected chi connectivity index (χ0v) is 16.5. The van der Waals surface area contributed by atoms with Gasteiger partial charge in [-0.2, -0.15) is 0 Å². The van der Waals surface area contributed by atoms with Crippen LogP contribution in [-0.4, -0.2) is 22.2 Å². The number of carbonyl (C=O) groups excluding carboxylic acids is 2. The molecule has 1 unspecified atom stereocenters. The molecule has 7 nitrogen and oxygen atoms in total. The predicted molar refractivity (Wildman–Crippen MR) is 114 cm³/mol. The Morgan fingerprint density at radius 1 is 1.13 bits per heavy atom. The van der Waals surface area contributed by atoms with Gasteiger partial charge in [0, 0.05) is 11.1 Å². The van der Waals surface area contributed by atoms with Crippen molar-refractivity contribution < 1.29 is 14.0 Å². The van der Waals surface area contributed by atoms with Gasteiger partial charge in [0.25, 0.3) is 5.91 Å². The number of carbonyl (C=O) groups is 1. The molecule has 2 aromatic heterocycles. The van der Waals surface area contributed by atoms with Crippen LogP contribution in [0.5, 0.6) is 0 Å². The normalized spacial score (nSPS) is 11.8. The van der Waals surface area contributed by atoms with E-state index < -0.39 is 0 Å². The van der Waals surface area contributed by atoms with E-state index in [0.29, 0.717) is 33.9 Å². The Morgan fingerprint density at radius 2 is 1.97 bits per heavy atom. The summed E-state index contributed by atoms with van der Waals surface area (Å²) in [5, 5.41) is 7.00. The monoisotopic (exact) mass is 399 g/mol. The Bertz CT molecular complexity index is 1230. The van der Waals surface area contributed by atoms with Gasteiger partial charge in [0.1, 0.15) is 17.9 Å². The summed E-state index contributed by atoms with van der Waals surface area (Å²) in [5.41, 5.74) is 3.08. The highest BCUT2D eigenvalue weighted by Crippen LogP contribution is 2.26. The number of hydrogen-bond donors (Lipinski definition) is 2. The van der Waals surface area contributed by atoms with Crippen molar-refractivity contribution in [2.75, 3.05) is 10.6 Å². The van der Waals surface area contributed by atoms with E-state index in [4.69, 9.17) is 4.42 Å². The number of anilines is 2. The molecular formula is C23H19N4O3. The molecule has 2 aromatic carbocycles. The van der Waals surface area contributed by atoms with E-state index in [2.05, 4.69) is 20.6 Å². The molecule has 2 N–H and O–H groups in total. The molecule has 0 saturated heterocycles. The number of nitrogens with one attached hydrogen (secondary N) is 2. The molecule has 0 aliphatic heterocycles. The zero-order chi connectivity index (χ0) is 21.1. The van der Waals surface area contributed by atoms with Gasteiger partial charge in [0.15, 0.2) is 0 Å². The largest absolute Gasteiger partial charge is 0.469 e. The fraction of sp³-hybridized carbons (Fsp3) is 0.130. The number of furan rings is 1. The van der Waals surface area contributed by atoms with Crippen LogP contribution < -0.4 is 10.6 Å². The summed E-state index contributed by atoms with van der Waals surface area (Å²) in [6.07, 6.45) is 4.82. The lowest BCUT2D eigenvalue weighted by atomic mass is 10.1. The van der Waals surface area contributed by atoms with E-state index in [-0.39, 0.29) is 11.9 Å². The third-order valence-electron chi connectivity index (χ3n) is 4.88. The van der Waals surface area contributed by atoms with E-state index >= 15 is 0 Å². The van der Waals surface area contributed by atoms with Crippen molar-refractivity contribution in [1.29, 1.82) is 0 Å². The maximum Gasteiger partial charge on any atom is 0.259 e. The van der Waals surface area contributed by atoms with Crippen LogP contribution in [-0.2, 0) is 4.79 Å². The SMILES string of the molecule is Cc1occc1C(=O)Nc1cccc(C(C)Nc2ncnc3c([C]=O)cccc23)c1. The number of para-hydroxylation sites is 1. The second-order valence-electron chi connectivity index (χ2n) is 6.86. The molecule has 0 fully saturated rings. The van der Waals surface area contributed by atoms with E-state index in [1.165, 1.54) is 12.6 Å². The van der Waals surface area contributed by atoms with Gasteiger partial charge in [-0.05, 0) is 49.7 Å². The van der Waals surface area contributed by atoms with Gasteiger partial charge in [-0.25, -0.2) is 9.97 Å². The Balaban J connectivity index is 1.56. The molecule has 4 rings (SSSR count). The third kappa shape index (κ3) is 3.77. The molecule has 149 valence electrons. The molecular weight excluding hydrogens is 380 g/mol. The van der Waals surface area contributed by atoms with Crippen molar-refractivity contribution in [3.8, 4) is 0 Å². The van der Waals surface area contributed by atoms with Crippen LogP contribution in [0.2, 0.25) is 0 Å². The summed E-state index contributed by atoms with van der Waals surface area (Å²) < 4.78 is 5.20. The molecule has 0 aliphatic carbocycles. The number of fused-ring (bicyclic) bond motifs is 1. The fourth-order valence-electron chi connectivity index (χ4n) is 3.28. The topological polar surface area (TPSA) is 97.1 Å². The van der Waals surface area contributed by atoms with Crippen LogP contribution in [0.3, 0.4) is 0 Å². The van der Waals surface area contributed by atoms with Crippen molar-refractivity contribution in [3.05, 3.63) is 83.6 Å². The fourth-order valence-corrected chi connectivity index (χ4v) is 3.28. The third-order valence-corrected chi connectivity index (χ3v) is 4.88. The number of hydrogen-bond acceptors (Lipinski definition) is 6. The maximum atomic E-state index is 12.4. The standard InChI is InChI=1S/C23H19N4O3/c1-14(26-22-20-8-4-6-17(12-28)21(20)24-13-25-22)16-5-3-7-18(11-16)27-23(29)19-9-10-30-15(19)2/h3-11,13-14H,1-2H3,(H,27,29)(H,24,25,26). The highest BCUT2D eigenvalue weighted by atomic mass is 16.3. The molecule has 1 amide bonds. The van der Waals surface area contributed by atoms with Gasteiger partial charge in [0.05, 0.1) is 28.9 Å². The molecule has 7 heteroatoms. The summed E-state index contributed by atoms with van der Waals surface area (Å²) in [7, 11) is 0. The van der Waals surface area contributed by atoms with Crippen molar-refractivity contribution in [2.24, 2.45) is 0 Å². The van der Waals surface area contributed by atoms with E-state index in [9.17, 15) is 9.59 Å². The maximum absolute atomic E-state index is 12.4. The van der Waals surface area contributed by atoms with E-state index in [1.807, 2.05) is 43.5 Å². The van der Waals surface area contributed by atoms with Gasteiger partial charge in [-0.1, -0.05) is 18.2 Å². The van der Waals surface area contributed by atoms with Gasteiger partial charge < -0.3 is 15.1 Å².